The standard InChI is InChI=1S/C27H24O3/c1-19(21-13-7-4-8-14-21)24-27(3,23-17-11-6-12-18-23)26(28)30-25(29-24)20(2)22-15-9-5-10-16-22/h4-18H,1-3H3/b24-19+,25-20+. The van der Waals surface area contributed by atoms with Crippen LogP contribution in [-0.4, -0.2) is 5.97 Å². The fraction of sp³-hybridized carbons (Fsp3) is 0.148. The largest absolute Gasteiger partial charge is 0.428 e. The molecule has 0 spiro atoms. The maximum absolute atomic E-state index is 13.4. The fourth-order valence-electron chi connectivity index (χ4n) is 3.74. The van der Waals surface area contributed by atoms with E-state index < -0.39 is 5.41 Å². The lowest BCUT2D eigenvalue weighted by Crippen LogP contribution is -2.42. The van der Waals surface area contributed by atoms with Crippen molar-refractivity contribution in [1.29, 1.82) is 0 Å². The second kappa shape index (κ2) is 8.03. The zero-order valence-corrected chi connectivity index (χ0v) is 17.4. The minimum absolute atomic E-state index is 0.227. The summed E-state index contributed by atoms with van der Waals surface area (Å²) in [5.74, 6) is 0.460. The Morgan fingerprint density at radius 3 is 1.67 bits per heavy atom. The van der Waals surface area contributed by atoms with Gasteiger partial charge in [0.2, 0.25) is 0 Å². The molecule has 3 heteroatoms. The van der Waals surface area contributed by atoms with Crippen LogP contribution in [0, 0.1) is 0 Å². The highest BCUT2D eigenvalue weighted by Crippen LogP contribution is 2.44. The van der Waals surface area contributed by atoms with Crippen molar-refractivity contribution in [3.8, 4) is 0 Å². The topological polar surface area (TPSA) is 35.5 Å². The molecule has 0 saturated carbocycles. The van der Waals surface area contributed by atoms with Gasteiger partial charge in [0.25, 0.3) is 5.95 Å². The van der Waals surface area contributed by atoms with Gasteiger partial charge < -0.3 is 9.47 Å². The van der Waals surface area contributed by atoms with Crippen molar-refractivity contribution >= 4 is 17.1 Å². The summed E-state index contributed by atoms with van der Waals surface area (Å²) < 4.78 is 12.1. The second-order valence-electron chi connectivity index (χ2n) is 7.58. The van der Waals surface area contributed by atoms with Crippen LogP contribution in [-0.2, 0) is 19.7 Å². The van der Waals surface area contributed by atoms with E-state index in [-0.39, 0.29) is 11.9 Å². The van der Waals surface area contributed by atoms with Gasteiger partial charge in [-0.25, -0.2) is 0 Å². The minimum atomic E-state index is -1.05. The first-order valence-electron chi connectivity index (χ1n) is 10.0. The van der Waals surface area contributed by atoms with Gasteiger partial charge in [-0.1, -0.05) is 91.0 Å². The molecule has 1 heterocycles. The molecule has 1 aliphatic heterocycles. The molecule has 0 amide bonds. The first-order valence-corrected chi connectivity index (χ1v) is 10.0. The highest BCUT2D eigenvalue weighted by atomic mass is 16.7. The molecular formula is C27H24O3. The maximum atomic E-state index is 13.4. The van der Waals surface area contributed by atoms with Crippen molar-refractivity contribution in [1.82, 2.24) is 0 Å². The molecular weight excluding hydrogens is 372 g/mol. The molecule has 150 valence electrons. The quantitative estimate of drug-likeness (QED) is 0.485. The first kappa shape index (κ1) is 19.7. The summed E-state index contributed by atoms with van der Waals surface area (Å²) in [4.78, 5) is 13.4. The molecule has 0 radical (unpaired) electrons. The number of esters is 1. The third kappa shape index (κ3) is 3.43. The van der Waals surface area contributed by atoms with Crippen LogP contribution in [0.2, 0.25) is 0 Å². The number of ether oxygens (including phenoxy) is 2. The van der Waals surface area contributed by atoms with Gasteiger partial charge in [0.1, 0.15) is 11.2 Å². The van der Waals surface area contributed by atoms with Gasteiger partial charge in [0.05, 0.1) is 0 Å². The van der Waals surface area contributed by atoms with E-state index in [0.717, 1.165) is 27.8 Å². The molecule has 0 bridgehead atoms. The summed E-state index contributed by atoms with van der Waals surface area (Å²) in [6, 6.07) is 29.4. The van der Waals surface area contributed by atoms with E-state index in [1.54, 1.807) is 0 Å². The number of benzene rings is 3. The van der Waals surface area contributed by atoms with Gasteiger partial charge in [0.15, 0.2) is 0 Å². The summed E-state index contributed by atoms with van der Waals surface area (Å²) in [5.41, 5.74) is 3.40. The van der Waals surface area contributed by atoms with Crippen molar-refractivity contribution in [3.05, 3.63) is 119 Å². The van der Waals surface area contributed by atoms with Crippen LogP contribution in [0.25, 0.3) is 11.1 Å². The highest BCUT2D eigenvalue weighted by molar-refractivity contribution is 5.92. The Balaban J connectivity index is 1.91. The predicted octanol–water partition coefficient (Wildman–Crippen LogP) is 6.34. The Hall–Kier alpha value is -3.59. The summed E-state index contributed by atoms with van der Waals surface area (Å²) in [7, 11) is 0. The molecule has 1 unspecified atom stereocenters. The SMILES string of the molecule is C/C(=C1\OC(=O)C(C)(c2ccccc2)/C(=C(/C)c2ccccc2)O1)c1ccccc1. The Labute approximate surface area is 177 Å². The molecule has 3 nitrogen and oxygen atoms in total. The van der Waals surface area contributed by atoms with Crippen LogP contribution in [0.4, 0.5) is 0 Å². The zero-order valence-electron chi connectivity index (χ0n) is 17.4. The van der Waals surface area contributed by atoms with Crippen molar-refractivity contribution in [2.75, 3.05) is 0 Å². The summed E-state index contributed by atoms with van der Waals surface area (Å²) in [6.07, 6.45) is 0. The minimum Gasteiger partial charge on any atom is -0.428 e. The van der Waals surface area contributed by atoms with E-state index >= 15 is 0 Å². The van der Waals surface area contributed by atoms with Crippen LogP contribution in [0.1, 0.15) is 37.5 Å². The third-order valence-corrected chi connectivity index (χ3v) is 5.65. The molecule has 0 aliphatic carbocycles. The van der Waals surface area contributed by atoms with Gasteiger partial charge in [-0.3, -0.25) is 4.79 Å². The van der Waals surface area contributed by atoms with E-state index in [4.69, 9.17) is 9.47 Å². The number of hydrogen-bond donors (Lipinski definition) is 0. The number of carbonyl (C=O) groups is 1. The number of cyclic esters (lactones) is 1. The van der Waals surface area contributed by atoms with Gasteiger partial charge in [-0.05, 0) is 43.0 Å². The molecule has 4 rings (SSSR count). The summed E-state index contributed by atoms with van der Waals surface area (Å²) in [5, 5.41) is 0. The number of rotatable bonds is 3. The average molecular weight is 396 g/mol. The van der Waals surface area contributed by atoms with Crippen molar-refractivity contribution < 1.29 is 14.3 Å². The Morgan fingerprint density at radius 1 is 0.667 bits per heavy atom. The highest BCUT2D eigenvalue weighted by Gasteiger charge is 2.48. The maximum Gasteiger partial charge on any atom is 0.331 e. The van der Waals surface area contributed by atoms with Crippen LogP contribution in [0.15, 0.2) is 103 Å². The molecule has 1 atom stereocenters. The van der Waals surface area contributed by atoms with Gasteiger partial charge in [-0.15, -0.1) is 0 Å². The Morgan fingerprint density at radius 2 is 1.13 bits per heavy atom. The van der Waals surface area contributed by atoms with Crippen LogP contribution in [0.5, 0.6) is 0 Å². The van der Waals surface area contributed by atoms with Crippen LogP contribution < -0.4 is 0 Å². The first-order chi connectivity index (χ1) is 14.5. The Bertz CT molecular complexity index is 1110. The summed E-state index contributed by atoms with van der Waals surface area (Å²) in [6.45, 7) is 5.75. The van der Waals surface area contributed by atoms with E-state index in [2.05, 4.69) is 0 Å². The molecule has 1 aliphatic rings. The molecule has 3 aromatic carbocycles. The lowest BCUT2D eigenvalue weighted by atomic mass is 9.77. The number of hydrogen-bond acceptors (Lipinski definition) is 3. The molecule has 1 fully saturated rings. The van der Waals surface area contributed by atoms with Crippen molar-refractivity contribution in [3.63, 3.8) is 0 Å². The zero-order chi connectivity index (χ0) is 21.1. The molecule has 0 N–H and O–H groups in total. The molecule has 1 saturated heterocycles. The van der Waals surface area contributed by atoms with E-state index in [1.807, 2.05) is 112 Å². The van der Waals surface area contributed by atoms with Gasteiger partial charge in [0, 0.05) is 5.57 Å². The van der Waals surface area contributed by atoms with E-state index in [9.17, 15) is 4.79 Å². The average Bonchev–Trinajstić information content (AvgIpc) is 2.81. The van der Waals surface area contributed by atoms with E-state index in [1.165, 1.54) is 0 Å². The molecule has 30 heavy (non-hydrogen) atoms. The monoisotopic (exact) mass is 396 g/mol. The van der Waals surface area contributed by atoms with Gasteiger partial charge in [-0.2, -0.15) is 0 Å². The van der Waals surface area contributed by atoms with Crippen LogP contribution in [0.3, 0.4) is 0 Å². The normalized spacial score (nSPS) is 22.0. The lowest BCUT2D eigenvalue weighted by molar-refractivity contribution is -0.157. The number of allylic oxidation sites excluding steroid dienone is 2. The second-order valence-corrected chi connectivity index (χ2v) is 7.58. The molecule has 3 aromatic rings. The number of carbonyl (C=O) groups excluding carboxylic acids is 1. The third-order valence-electron chi connectivity index (χ3n) is 5.65. The predicted molar refractivity (Wildman–Crippen MR) is 119 cm³/mol. The van der Waals surface area contributed by atoms with Crippen molar-refractivity contribution in [2.24, 2.45) is 0 Å². The summed E-state index contributed by atoms with van der Waals surface area (Å²) >= 11 is 0. The van der Waals surface area contributed by atoms with Crippen molar-refractivity contribution in [2.45, 2.75) is 26.2 Å². The van der Waals surface area contributed by atoms with Crippen LogP contribution >= 0.6 is 0 Å². The lowest BCUT2D eigenvalue weighted by Gasteiger charge is -2.36. The fourth-order valence-corrected chi connectivity index (χ4v) is 3.74. The van der Waals surface area contributed by atoms with Gasteiger partial charge >= 0.3 is 5.97 Å². The Kier molecular flexibility index (Phi) is 5.28. The van der Waals surface area contributed by atoms with E-state index in [0.29, 0.717) is 5.76 Å². The molecule has 0 aromatic heterocycles. The smallest absolute Gasteiger partial charge is 0.331 e.